The van der Waals surface area contributed by atoms with Gasteiger partial charge in [0.25, 0.3) is 0 Å². The lowest BCUT2D eigenvalue weighted by Gasteiger charge is -2.11. The van der Waals surface area contributed by atoms with Gasteiger partial charge in [0.05, 0.1) is 42.6 Å². The van der Waals surface area contributed by atoms with Gasteiger partial charge >= 0.3 is 5.97 Å². The number of thiazole rings is 1. The Kier molecular flexibility index (Phi) is 6.85. The number of halogens is 1. The molecule has 1 heterocycles. The number of carbonyl (C=O) groups is 2. The van der Waals surface area contributed by atoms with Crippen molar-refractivity contribution >= 4 is 40.5 Å². The van der Waals surface area contributed by atoms with Gasteiger partial charge in [-0.25, -0.2) is 9.78 Å². The number of aromatic nitrogens is 1. The highest BCUT2D eigenvalue weighted by atomic mass is 35.5. The van der Waals surface area contributed by atoms with Crippen LogP contribution in [-0.2, 0) is 22.4 Å². The standard InChI is InChI=1S/C21H19ClN2O4S/c1-27-16-6-7-18(17(11-16)21(26)28-2)24-19(25)10-15-12-29-20(23-15)9-13-4-3-5-14(22)8-13/h3-8,11-12H,9-10H2,1-2H3,(H,24,25). The van der Waals surface area contributed by atoms with E-state index in [0.29, 0.717) is 28.6 Å². The van der Waals surface area contributed by atoms with Crippen LogP contribution in [0.2, 0.25) is 5.02 Å². The van der Waals surface area contributed by atoms with Crippen LogP contribution in [-0.4, -0.2) is 31.1 Å². The number of methoxy groups -OCH3 is 2. The Morgan fingerprint density at radius 3 is 2.72 bits per heavy atom. The fourth-order valence-electron chi connectivity index (χ4n) is 2.73. The van der Waals surface area contributed by atoms with Crippen LogP contribution in [0.4, 0.5) is 5.69 Å². The number of amides is 1. The summed E-state index contributed by atoms with van der Waals surface area (Å²) in [5.41, 5.74) is 2.30. The first-order valence-corrected chi connectivity index (χ1v) is 9.98. The number of hydrogen-bond donors (Lipinski definition) is 1. The second-order valence-corrected chi connectivity index (χ2v) is 7.55. The minimum absolute atomic E-state index is 0.0959. The van der Waals surface area contributed by atoms with Crippen LogP contribution < -0.4 is 10.1 Å². The number of rotatable bonds is 7. The van der Waals surface area contributed by atoms with Gasteiger partial charge in [-0.1, -0.05) is 23.7 Å². The number of ether oxygens (including phenoxy) is 2. The number of hydrogen-bond acceptors (Lipinski definition) is 6. The van der Waals surface area contributed by atoms with Gasteiger partial charge in [-0.15, -0.1) is 11.3 Å². The summed E-state index contributed by atoms with van der Waals surface area (Å²) in [4.78, 5) is 29.0. The lowest BCUT2D eigenvalue weighted by Crippen LogP contribution is -2.17. The summed E-state index contributed by atoms with van der Waals surface area (Å²) in [6.07, 6.45) is 0.747. The Morgan fingerprint density at radius 2 is 2.00 bits per heavy atom. The highest BCUT2D eigenvalue weighted by Crippen LogP contribution is 2.23. The third kappa shape index (κ3) is 5.56. The summed E-state index contributed by atoms with van der Waals surface area (Å²) in [5, 5.41) is 6.18. The van der Waals surface area contributed by atoms with Gasteiger partial charge in [-0.05, 0) is 35.9 Å². The van der Waals surface area contributed by atoms with E-state index in [9.17, 15) is 9.59 Å². The van der Waals surface area contributed by atoms with Gasteiger partial charge in [-0.2, -0.15) is 0 Å². The van der Waals surface area contributed by atoms with E-state index in [1.165, 1.54) is 31.6 Å². The van der Waals surface area contributed by atoms with Crippen molar-refractivity contribution in [2.75, 3.05) is 19.5 Å². The Labute approximate surface area is 177 Å². The molecule has 0 aliphatic carbocycles. The van der Waals surface area contributed by atoms with Crippen LogP contribution in [0, 0.1) is 0 Å². The number of nitrogens with zero attached hydrogens (tertiary/aromatic N) is 1. The molecule has 150 valence electrons. The third-order valence-corrected chi connectivity index (χ3v) is 5.22. The van der Waals surface area contributed by atoms with Gasteiger partial charge in [0.15, 0.2) is 0 Å². The van der Waals surface area contributed by atoms with Crippen molar-refractivity contribution in [3.8, 4) is 5.75 Å². The first kappa shape index (κ1) is 20.8. The van der Waals surface area contributed by atoms with Gasteiger partial charge in [0, 0.05) is 16.8 Å². The molecule has 0 aliphatic heterocycles. The molecule has 0 unspecified atom stereocenters. The van der Waals surface area contributed by atoms with Crippen LogP contribution >= 0.6 is 22.9 Å². The number of anilines is 1. The number of carbonyl (C=O) groups excluding carboxylic acids is 2. The van der Waals surface area contributed by atoms with Gasteiger partial charge in [0.1, 0.15) is 5.75 Å². The summed E-state index contributed by atoms with van der Waals surface area (Å²) < 4.78 is 9.91. The highest BCUT2D eigenvalue weighted by molar-refractivity contribution is 7.09. The van der Waals surface area contributed by atoms with Crippen molar-refractivity contribution in [3.63, 3.8) is 0 Å². The molecule has 0 spiro atoms. The van der Waals surface area contributed by atoms with E-state index < -0.39 is 5.97 Å². The average molecular weight is 431 g/mol. The maximum absolute atomic E-state index is 12.5. The van der Waals surface area contributed by atoms with E-state index in [4.69, 9.17) is 21.1 Å². The van der Waals surface area contributed by atoms with E-state index in [-0.39, 0.29) is 17.9 Å². The fraction of sp³-hybridized carbons (Fsp3) is 0.190. The molecule has 0 atom stereocenters. The molecule has 2 aromatic carbocycles. The van der Waals surface area contributed by atoms with E-state index in [1.807, 2.05) is 29.6 Å². The van der Waals surface area contributed by atoms with Gasteiger partial charge in [0.2, 0.25) is 5.91 Å². The molecule has 3 aromatic rings. The van der Waals surface area contributed by atoms with Crippen molar-refractivity contribution in [3.05, 3.63) is 74.7 Å². The van der Waals surface area contributed by atoms with E-state index >= 15 is 0 Å². The van der Waals surface area contributed by atoms with Crippen molar-refractivity contribution in [2.45, 2.75) is 12.8 Å². The molecular weight excluding hydrogens is 412 g/mol. The molecule has 1 N–H and O–H groups in total. The van der Waals surface area contributed by atoms with Crippen LogP contribution in [0.1, 0.15) is 26.6 Å². The molecule has 29 heavy (non-hydrogen) atoms. The molecule has 0 saturated heterocycles. The van der Waals surface area contributed by atoms with Gasteiger partial charge in [-0.3, -0.25) is 4.79 Å². The summed E-state index contributed by atoms with van der Waals surface area (Å²) in [6.45, 7) is 0. The number of benzene rings is 2. The zero-order valence-electron chi connectivity index (χ0n) is 15.9. The van der Waals surface area contributed by atoms with Crippen LogP contribution in [0.5, 0.6) is 5.75 Å². The number of esters is 1. The van der Waals surface area contributed by atoms with Crippen LogP contribution in [0.3, 0.4) is 0 Å². The van der Waals surface area contributed by atoms with E-state index in [1.54, 1.807) is 12.1 Å². The molecule has 8 heteroatoms. The minimum Gasteiger partial charge on any atom is -0.497 e. The minimum atomic E-state index is -0.559. The monoisotopic (exact) mass is 430 g/mol. The van der Waals surface area contributed by atoms with Crippen molar-refractivity contribution in [2.24, 2.45) is 0 Å². The molecule has 0 fully saturated rings. The molecule has 1 aromatic heterocycles. The van der Waals surface area contributed by atoms with E-state index in [0.717, 1.165) is 10.6 Å². The zero-order valence-corrected chi connectivity index (χ0v) is 17.5. The van der Waals surface area contributed by atoms with Crippen molar-refractivity contribution < 1.29 is 19.1 Å². The largest absolute Gasteiger partial charge is 0.497 e. The average Bonchev–Trinajstić information content (AvgIpc) is 3.14. The lowest BCUT2D eigenvalue weighted by molar-refractivity contribution is -0.115. The molecule has 3 rings (SSSR count). The topological polar surface area (TPSA) is 77.5 Å². The highest BCUT2D eigenvalue weighted by Gasteiger charge is 2.16. The maximum atomic E-state index is 12.5. The first-order valence-electron chi connectivity index (χ1n) is 8.72. The molecule has 0 aliphatic rings. The van der Waals surface area contributed by atoms with Crippen LogP contribution in [0.25, 0.3) is 0 Å². The summed E-state index contributed by atoms with van der Waals surface area (Å²) >= 11 is 7.51. The number of nitrogens with one attached hydrogen (secondary N) is 1. The van der Waals surface area contributed by atoms with Gasteiger partial charge < -0.3 is 14.8 Å². The smallest absolute Gasteiger partial charge is 0.340 e. The zero-order chi connectivity index (χ0) is 20.8. The summed E-state index contributed by atoms with van der Waals surface area (Å²) in [5.74, 6) is -0.342. The second-order valence-electron chi connectivity index (χ2n) is 6.17. The SMILES string of the molecule is COC(=O)c1cc(OC)ccc1NC(=O)Cc1csc(Cc2cccc(Cl)c2)n1. The lowest BCUT2D eigenvalue weighted by atomic mass is 10.1. The summed E-state index contributed by atoms with van der Waals surface area (Å²) in [6, 6.07) is 12.4. The second kappa shape index (κ2) is 9.54. The Morgan fingerprint density at radius 1 is 1.17 bits per heavy atom. The summed E-state index contributed by atoms with van der Waals surface area (Å²) in [7, 11) is 2.78. The fourth-order valence-corrected chi connectivity index (χ4v) is 3.77. The Bertz CT molecular complexity index is 1040. The molecule has 0 saturated carbocycles. The predicted octanol–water partition coefficient (Wildman–Crippen LogP) is 4.36. The molecule has 6 nitrogen and oxygen atoms in total. The molecular formula is C21H19ClN2O4S. The Hall–Kier alpha value is -2.90. The first-order chi connectivity index (χ1) is 14.0. The normalized spacial score (nSPS) is 10.4. The Balaban J connectivity index is 1.67. The van der Waals surface area contributed by atoms with Crippen LogP contribution in [0.15, 0.2) is 47.8 Å². The quantitative estimate of drug-likeness (QED) is 0.563. The molecule has 1 amide bonds. The third-order valence-electron chi connectivity index (χ3n) is 4.09. The maximum Gasteiger partial charge on any atom is 0.340 e. The predicted molar refractivity (Wildman–Crippen MR) is 113 cm³/mol. The van der Waals surface area contributed by atoms with E-state index in [2.05, 4.69) is 10.3 Å². The van der Waals surface area contributed by atoms with Crippen molar-refractivity contribution in [1.82, 2.24) is 4.98 Å². The molecule has 0 radical (unpaired) electrons. The van der Waals surface area contributed by atoms with Crippen molar-refractivity contribution in [1.29, 1.82) is 0 Å². The molecule has 0 bridgehead atoms.